The van der Waals surface area contributed by atoms with E-state index in [1.54, 1.807) is 48.8 Å². The zero-order valence-electron chi connectivity index (χ0n) is 19.2. The maximum Gasteiger partial charge on any atom is 0.344 e. The summed E-state index contributed by atoms with van der Waals surface area (Å²) in [5, 5.41) is 12.8. The van der Waals surface area contributed by atoms with Gasteiger partial charge in [-0.05, 0) is 50.3 Å². The molecular formula is C26H23ClN2O5S. The molecule has 1 aromatic heterocycles. The molecule has 9 heteroatoms. The molecule has 1 N–H and O–H groups in total. The van der Waals surface area contributed by atoms with Gasteiger partial charge in [-0.25, -0.2) is 9.79 Å². The number of halogens is 1. The lowest BCUT2D eigenvalue weighted by molar-refractivity contribution is -0.143. The molecule has 0 saturated carbocycles. The predicted molar refractivity (Wildman–Crippen MR) is 139 cm³/mol. The van der Waals surface area contributed by atoms with Crippen molar-refractivity contribution in [1.29, 1.82) is 0 Å². The number of para-hydroxylation sites is 1. The predicted octanol–water partition coefficient (Wildman–Crippen LogP) is 6.05. The highest BCUT2D eigenvalue weighted by Gasteiger charge is 2.33. The van der Waals surface area contributed by atoms with Gasteiger partial charge in [0.15, 0.2) is 0 Å². The largest absolute Gasteiger partial charge is 0.506 e. The number of aliphatic hydroxyl groups excluding tert-OH is 1. The summed E-state index contributed by atoms with van der Waals surface area (Å²) in [6.07, 6.45) is 3.59. The molecule has 0 radical (unpaired) electrons. The van der Waals surface area contributed by atoms with Gasteiger partial charge in [0.25, 0.3) is 0 Å². The van der Waals surface area contributed by atoms with Crippen LogP contribution in [0.1, 0.15) is 19.4 Å². The summed E-state index contributed by atoms with van der Waals surface area (Å²) in [4.78, 5) is 29.8. The van der Waals surface area contributed by atoms with Crippen LogP contribution in [-0.4, -0.2) is 39.9 Å². The van der Waals surface area contributed by atoms with Gasteiger partial charge in [-0.1, -0.05) is 41.6 Å². The molecule has 1 aliphatic rings. The van der Waals surface area contributed by atoms with Crippen molar-refractivity contribution >= 4 is 63.0 Å². The highest BCUT2D eigenvalue weighted by atomic mass is 35.5. The third kappa shape index (κ3) is 5.44. The minimum absolute atomic E-state index is 0.00770. The van der Waals surface area contributed by atoms with Gasteiger partial charge >= 0.3 is 11.9 Å². The molecular weight excluding hydrogens is 488 g/mol. The summed E-state index contributed by atoms with van der Waals surface area (Å²) in [7, 11) is 0. The Bertz CT molecular complexity index is 1370. The molecule has 0 spiro atoms. The maximum atomic E-state index is 12.7. The second-order valence-electron chi connectivity index (χ2n) is 7.48. The summed E-state index contributed by atoms with van der Waals surface area (Å²) < 4.78 is 12.1. The highest BCUT2D eigenvalue weighted by molar-refractivity contribution is 8.18. The standard InChI is InChI=1S/C26H23ClN2O5S/c1-3-33-22(30)15-29-14-16(19-7-5-6-8-20(19)29)13-21-24(31)23(26(32)34-4-2)25(35-21)28-18-11-9-17(27)10-12-18/h5-14,31H,3-4,15H2,1-2H3/b21-13-,28-25?. The second-order valence-corrected chi connectivity index (χ2v) is 8.95. The third-order valence-corrected chi connectivity index (χ3v) is 6.41. The Labute approximate surface area is 211 Å². The van der Waals surface area contributed by atoms with E-state index in [0.29, 0.717) is 27.3 Å². The topological polar surface area (TPSA) is 90.1 Å². The van der Waals surface area contributed by atoms with E-state index in [1.807, 2.05) is 30.5 Å². The molecule has 7 nitrogen and oxygen atoms in total. The summed E-state index contributed by atoms with van der Waals surface area (Å²) >= 11 is 7.13. The number of carbonyl (C=O) groups is 2. The smallest absolute Gasteiger partial charge is 0.344 e. The van der Waals surface area contributed by atoms with E-state index in [-0.39, 0.29) is 30.5 Å². The van der Waals surface area contributed by atoms with Crippen LogP contribution < -0.4 is 0 Å². The fraction of sp³-hybridized carbons (Fsp3) is 0.192. The van der Waals surface area contributed by atoms with Crippen molar-refractivity contribution in [3.8, 4) is 0 Å². The number of fused-ring (bicyclic) bond motifs is 1. The monoisotopic (exact) mass is 510 g/mol. The number of aliphatic imine (C=N–C) groups is 1. The fourth-order valence-electron chi connectivity index (χ4n) is 3.63. The molecule has 1 aliphatic heterocycles. The van der Waals surface area contributed by atoms with E-state index in [9.17, 15) is 14.7 Å². The lowest BCUT2D eigenvalue weighted by Crippen LogP contribution is -2.12. The maximum absolute atomic E-state index is 12.7. The number of thioether (sulfide) groups is 1. The van der Waals surface area contributed by atoms with Crippen molar-refractivity contribution < 1.29 is 24.2 Å². The number of benzene rings is 2. The number of aliphatic hydroxyl groups is 1. The summed E-state index contributed by atoms with van der Waals surface area (Å²) in [6.45, 7) is 3.98. The van der Waals surface area contributed by atoms with Crippen LogP contribution in [0.2, 0.25) is 5.02 Å². The van der Waals surface area contributed by atoms with Crippen LogP contribution >= 0.6 is 23.4 Å². The Balaban J connectivity index is 1.77. The zero-order chi connectivity index (χ0) is 24.9. The Kier molecular flexibility index (Phi) is 7.63. The second kappa shape index (κ2) is 10.8. The van der Waals surface area contributed by atoms with Crippen LogP contribution in [0.4, 0.5) is 5.69 Å². The molecule has 4 rings (SSSR count). The molecule has 3 aromatic rings. The number of ether oxygens (including phenoxy) is 2. The van der Waals surface area contributed by atoms with Gasteiger partial charge in [0.2, 0.25) is 0 Å². The number of hydrogen-bond acceptors (Lipinski definition) is 7. The molecule has 0 saturated heterocycles. The number of esters is 2. The van der Waals surface area contributed by atoms with Crippen molar-refractivity contribution in [2.75, 3.05) is 13.2 Å². The quantitative estimate of drug-likeness (QED) is 0.389. The minimum atomic E-state index is -0.654. The van der Waals surface area contributed by atoms with Gasteiger partial charge in [0.1, 0.15) is 22.9 Å². The first kappa shape index (κ1) is 24.6. The van der Waals surface area contributed by atoms with Gasteiger partial charge in [0, 0.05) is 27.7 Å². The van der Waals surface area contributed by atoms with Crippen LogP contribution in [0.3, 0.4) is 0 Å². The average molecular weight is 511 g/mol. The number of carbonyl (C=O) groups excluding carboxylic acids is 2. The van der Waals surface area contributed by atoms with E-state index in [4.69, 9.17) is 21.1 Å². The molecule has 2 aromatic carbocycles. The van der Waals surface area contributed by atoms with Crippen LogP contribution in [0, 0.1) is 0 Å². The molecule has 0 unspecified atom stereocenters. The Morgan fingerprint density at radius 1 is 1.09 bits per heavy atom. The molecule has 2 heterocycles. The fourth-order valence-corrected chi connectivity index (χ4v) is 4.78. The third-order valence-electron chi connectivity index (χ3n) is 5.14. The lowest BCUT2D eigenvalue weighted by atomic mass is 10.1. The Morgan fingerprint density at radius 2 is 1.80 bits per heavy atom. The van der Waals surface area contributed by atoms with Gasteiger partial charge < -0.3 is 19.1 Å². The normalized spacial score (nSPS) is 15.9. The van der Waals surface area contributed by atoms with E-state index < -0.39 is 5.97 Å². The van der Waals surface area contributed by atoms with Crippen molar-refractivity contribution in [2.24, 2.45) is 4.99 Å². The average Bonchev–Trinajstić information content (AvgIpc) is 3.33. The van der Waals surface area contributed by atoms with E-state index >= 15 is 0 Å². The van der Waals surface area contributed by atoms with Crippen LogP contribution in [-0.2, 0) is 25.6 Å². The van der Waals surface area contributed by atoms with Crippen molar-refractivity contribution in [3.05, 3.63) is 81.6 Å². The molecule has 180 valence electrons. The summed E-state index contributed by atoms with van der Waals surface area (Å²) in [6, 6.07) is 14.5. The van der Waals surface area contributed by atoms with Crippen LogP contribution in [0.15, 0.2) is 76.0 Å². The van der Waals surface area contributed by atoms with Gasteiger partial charge in [-0.2, -0.15) is 0 Å². The Morgan fingerprint density at radius 3 is 2.51 bits per heavy atom. The molecule has 0 aliphatic carbocycles. The summed E-state index contributed by atoms with van der Waals surface area (Å²) in [5.41, 5.74) is 2.21. The lowest BCUT2D eigenvalue weighted by Gasteiger charge is -2.04. The highest BCUT2D eigenvalue weighted by Crippen LogP contribution is 2.41. The molecule has 0 bridgehead atoms. The van der Waals surface area contributed by atoms with Gasteiger partial charge in [0.05, 0.1) is 23.8 Å². The van der Waals surface area contributed by atoms with Gasteiger partial charge in [-0.3, -0.25) is 4.79 Å². The number of nitrogens with zero attached hydrogens (tertiary/aromatic N) is 2. The zero-order valence-corrected chi connectivity index (χ0v) is 20.7. The van der Waals surface area contributed by atoms with Crippen molar-refractivity contribution in [1.82, 2.24) is 4.57 Å². The molecule has 0 amide bonds. The van der Waals surface area contributed by atoms with Crippen molar-refractivity contribution in [3.63, 3.8) is 0 Å². The first-order valence-corrected chi connectivity index (χ1v) is 12.2. The first-order chi connectivity index (χ1) is 16.9. The number of aromatic nitrogens is 1. The minimum Gasteiger partial charge on any atom is -0.506 e. The Hall–Kier alpha value is -3.49. The van der Waals surface area contributed by atoms with Gasteiger partial charge in [-0.15, -0.1) is 0 Å². The SMILES string of the molecule is CCOC(=O)Cn1cc(/C=C2\SC(=Nc3ccc(Cl)cc3)C(C(=O)OCC)=C2O)c2ccccc21. The number of hydrogen-bond donors (Lipinski definition) is 1. The summed E-state index contributed by atoms with van der Waals surface area (Å²) in [5.74, 6) is -1.20. The molecule has 0 atom stereocenters. The van der Waals surface area contributed by atoms with Crippen LogP contribution in [0.25, 0.3) is 17.0 Å². The van der Waals surface area contributed by atoms with E-state index in [1.165, 1.54) is 11.8 Å². The number of rotatable bonds is 7. The van der Waals surface area contributed by atoms with Crippen LogP contribution in [0.5, 0.6) is 0 Å². The van der Waals surface area contributed by atoms with E-state index in [2.05, 4.69) is 4.99 Å². The van der Waals surface area contributed by atoms with Crippen molar-refractivity contribution in [2.45, 2.75) is 20.4 Å². The molecule has 35 heavy (non-hydrogen) atoms. The molecule has 0 fully saturated rings. The first-order valence-electron chi connectivity index (χ1n) is 11.0. The van der Waals surface area contributed by atoms with E-state index in [0.717, 1.165) is 16.5 Å².